The van der Waals surface area contributed by atoms with Gasteiger partial charge in [0.2, 0.25) is 5.78 Å². The molecule has 30 heavy (non-hydrogen) atoms. The highest BCUT2D eigenvalue weighted by Gasteiger charge is 2.66. The first kappa shape index (κ1) is 19.6. The Labute approximate surface area is 166 Å². The zero-order valence-corrected chi connectivity index (χ0v) is 14.9. The summed E-state index contributed by atoms with van der Waals surface area (Å²) >= 11 is 0. The van der Waals surface area contributed by atoms with Crippen LogP contribution in [0.1, 0.15) is 28.4 Å². The maximum Gasteiger partial charge on any atom is 0.251 e. The molecule has 11 nitrogen and oxygen atoms in total. The Balaban J connectivity index is 2.13. The van der Waals surface area contributed by atoms with Gasteiger partial charge in [0.15, 0.2) is 11.4 Å². The third-order valence-corrected chi connectivity index (χ3v) is 5.65. The van der Waals surface area contributed by atoms with E-state index in [0.717, 1.165) is 18.2 Å². The number of carbonyl (C=O) groups is 3. The summed E-state index contributed by atoms with van der Waals surface area (Å²) in [5.74, 6) is -8.26. The number of primary amides is 1. The molecule has 156 valence electrons. The van der Waals surface area contributed by atoms with Crippen LogP contribution in [0.2, 0.25) is 0 Å². The maximum atomic E-state index is 13.1. The Morgan fingerprint density at radius 3 is 2.37 bits per heavy atom. The molecule has 8 N–H and O–H groups in total. The van der Waals surface area contributed by atoms with Crippen molar-refractivity contribution in [3.8, 4) is 17.2 Å². The first-order valence-electron chi connectivity index (χ1n) is 8.50. The van der Waals surface area contributed by atoms with Crippen LogP contribution in [0.4, 0.5) is 0 Å². The third-order valence-electron chi connectivity index (χ3n) is 5.65. The lowest BCUT2D eigenvalue weighted by atomic mass is 9.60. The largest absolute Gasteiger partial charge is 0.873 e. The van der Waals surface area contributed by atoms with Gasteiger partial charge in [-0.05, 0) is 23.1 Å². The smallest absolute Gasteiger partial charge is 0.251 e. The molecule has 2 aliphatic carbocycles. The number of aromatic hydroxyl groups is 3. The third kappa shape index (κ3) is 2.05. The van der Waals surface area contributed by atoms with E-state index in [4.69, 9.17) is 5.73 Å². The molecule has 11 heteroatoms. The van der Waals surface area contributed by atoms with Crippen molar-refractivity contribution >= 4 is 28.2 Å². The normalized spacial score (nSPS) is 28.4. The van der Waals surface area contributed by atoms with E-state index in [1.54, 1.807) is 0 Å². The summed E-state index contributed by atoms with van der Waals surface area (Å²) in [6.45, 7) is 0. The summed E-state index contributed by atoms with van der Waals surface area (Å²) in [4.78, 5) is 36.9. The highest BCUT2D eigenvalue weighted by atomic mass is 16.4. The lowest BCUT2D eigenvalue weighted by Crippen LogP contribution is -2.71. The molecule has 0 heterocycles. The predicted molar refractivity (Wildman–Crippen MR) is 94.0 cm³/mol. The predicted octanol–water partition coefficient (Wildman–Crippen LogP) is -2.28. The van der Waals surface area contributed by atoms with Crippen LogP contribution in [-0.4, -0.2) is 59.3 Å². The Morgan fingerprint density at radius 2 is 1.77 bits per heavy atom. The molecule has 4 rings (SSSR count). The van der Waals surface area contributed by atoms with Crippen LogP contribution < -0.4 is 10.8 Å². The van der Waals surface area contributed by atoms with Gasteiger partial charge in [-0.2, -0.15) is 0 Å². The molecule has 0 spiro atoms. The number of hydrogen-bond acceptors (Lipinski definition) is 10. The fourth-order valence-electron chi connectivity index (χ4n) is 4.21. The summed E-state index contributed by atoms with van der Waals surface area (Å²) in [5.41, 5.74) is -4.09. The van der Waals surface area contributed by atoms with E-state index in [2.05, 4.69) is 0 Å². The number of rotatable bonds is 1. The van der Waals surface area contributed by atoms with Gasteiger partial charge in [-0.3, -0.25) is 14.4 Å². The van der Waals surface area contributed by atoms with E-state index in [1.165, 1.54) is 0 Å². The van der Waals surface area contributed by atoms with Gasteiger partial charge in [-0.25, -0.2) is 0 Å². The number of phenolic OH excluding ortho intramolecular Hbond substituents is 3. The summed E-state index contributed by atoms with van der Waals surface area (Å²) in [6.07, 6.45) is -3.44. The Hall–Kier alpha value is -3.67. The minimum absolute atomic E-state index is 0.0533. The molecule has 0 fully saturated rings. The Bertz CT molecular complexity index is 1230. The van der Waals surface area contributed by atoms with Crippen molar-refractivity contribution in [1.29, 1.82) is 0 Å². The number of carbonyl (C=O) groups excluding carboxylic acids is 3. The molecular weight excluding hydrogens is 402 g/mol. The van der Waals surface area contributed by atoms with E-state index in [0.29, 0.717) is 0 Å². The first-order valence-corrected chi connectivity index (χ1v) is 8.50. The topological polar surface area (TPSA) is 222 Å². The van der Waals surface area contributed by atoms with E-state index < -0.39 is 80.9 Å². The van der Waals surface area contributed by atoms with E-state index in [1.807, 2.05) is 0 Å². The van der Waals surface area contributed by atoms with Crippen molar-refractivity contribution < 1.29 is 50.1 Å². The van der Waals surface area contributed by atoms with E-state index in [-0.39, 0.29) is 10.8 Å². The number of amides is 1. The highest BCUT2D eigenvalue weighted by Crippen LogP contribution is 2.54. The van der Waals surface area contributed by atoms with Gasteiger partial charge >= 0.3 is 0 Å². The number of aliphatic hydroxyl groups is 3. The zero-order valence-electron chi connectivity index (χ0n) is 14.9. The van der Waals surface area contributed by atoms with E-state index in [9.17, 15) is 50.1 Å². The van der Waals surface area contributed by atoms with Crippen LogP contribution in [-0.2, 0) is 9.59 Å². The maximum absolute atomic E-state index is 13.1. The lowest BCUT2D eigenvalue weighted by Gasteiger charge is -2.54. The van der Waals surface area contributed by atoms with Gasteiger partial charge in [0, 0.05) is 12.5 Å². The minimum Gasteiger partial charge on any atom is -0.873 e. The minimum atomic E-state index is -3.50. The van der Waals surface area contributed by atoms with Crippen molar-refractivity contribution in [2.45, 2.75) is 23.7 Å². The molecule has 2 aromatic rings. The van der Waals surface area contributed by atoms with Gasteiger partial charge in [0.25, 0.3) is 5.91 Å². The fourth-order valence-corrected chi connectivity index (χ4v) is 4.21. The van der Waals surface area contributed by atoms with Gasteiger partial charge in [-0.1, -0.05) is 5.76 Å². The van der Waals surface area contributed by atoms with Crippen LogP contribution in [0.5, 0.6) is 17.2 Å². The average molecular weight is 416 g/mol. The van der Waals surface area contributed by atoms with Crippen molar-refractivity contribution in [2.75, 3.05) is 0 Å². The molecule has 3 atom stereocenters. The number of benzene rings is 2. The summed E-state index contributed by atoms with van der Waals surface area (Å²) in [5, 5.41) is 75.3. The van der Waals surface area contributed by atoms with Gasteiger partial charge < -0.3 is 41.5 Å². The second-order valence-electron chi connectivity index (χ2n) is 7.29. The number of aliphatic hydroxyl groups excluding tert-OH is 1. The second kappa shape index (κ2) is 5.69. The zero-order chi connectivity index (χ0) is 22.3. The first-order chi connectivity index (χ1) is 13.9. The molecule has 2 aliphatic rings. The quantitative estimate of drug-likeness (QED) is 0.247. The van der Waals surface area contributed by atoms with Gasteiger partial charge in [-0.15, -0.1) is 0 Å². The molecule has 0 saturated carbocycles. The van der Waals surface area contributed by atoms with Crippen LogP contribution in [0.15, 0.2) is 29.5 Å². The number of ketones is 2. The monoisotopic (exact) mass is 416 g/mol. The van der Waals surface area contributed by atoms with Crippen molar-refractivity contribution in [3.63, 3.8) is 0 Å². The van der Waals surface area contributed by atoms with Crippen LogP contribution in [0.25, 0.3) is 10.8 Å². The molecule has 0 bridgehead atoms. The van der Waals surface area contributed by atoms with Crippen molar-refractivity contribution in [1.82, 2.24) is 0 Å². The SMILES string of the molecule is NC(=O)C1=C([O-])[C@@]2(O)C(=O)c3c(cc4cc(O)cc(O)c4c3O)[C@H](O)[C@@]2(O)CC1=O. The molecular formula is C19H14NO10-. The molecule has 2 aromatic carbocycles. The summed E-state index contributed by atoms with van der Waals surface area (Å²) in [7, 11) is 0. The molecule has 1 amide bonds. The standard InChI is InChI=1S/C19H15NO10/c20-17(28)12-9(23)4-18(29)14(25)7-2-5-1-6(21)3-8(22)10(5)13(24)11(7)15(26)19(18,30)16(12)27/h1-3,14,21-22,24-25,27,29-30H,4H2,(H2,20,28)/p-1/t14-,18-,19-/m0/s1. The van der Waals surface area contributed by atoms with E-state index >= 15 is 0 Å². The Kier molecular flexibility index (Phi) is 3.73. The molecule has 0 radical (unpaired) electrons. The average Bonchev–Trinajstić information content (AvgIpc) is 2.62. The van der Waals surface area contributed by atoms with Gasteiger partial charge in [0.05, 0.1) is 16.5 Å². The number of hydrogen-bond donors (Lipinski definition) is 7. The molecule has 0 unspecified atom stereocenters. The number of phenols is 3. The molecule has 0 aliphatic heterocycles. The van der Waals surface area contributed by atoms with Gasteiger partial charge in [0.1, 0.15) is 29.0 Å². The fraction of sp³-hybridized carbons (Fsp3) is 0.211. The summed E-state index contributed by atoms with van der Waals surface area (Å²) < 4.78 is 0. The number of Topliss-reactive ketones (excluding diaryl/α,β-unsaturated/α-hetero) is 2. The Morgan fingerprint density at radius 1 is 1.13 bits per heavy atom. The lowest BCUT2D eigenvalue weighted by molar-refractivity contribution is -0.350. The van der Waals surface area contributed by atoms with Crippen molar-refractivity contribution in [3.05, 3.63) is 40.7 Å². The van der Waals surface area contributed by atoms with Crippen LogP contribution >= 0.6 is 0 Å². The second-order valence-corrected chi connectivity index (χ2v) is 7.29. The van der Waals surface area contributed by atoms with Crippen molar-refractivity contribution in [2.24, 2.45) is 5.73 Å². The number of fused-ring (bicyclic) bond motifs is 3. The molecule has 0 aromatic heterocycles. The number of nitrogens with two attached hydrogens (primary N) is 1. The summed E-state index contributed by atoms with van der Waals surface area (Å²) in [6, 6.07) is 2.96. The highest BCUT2D eigenvalue weighted by molar-refractivity contribution is 6.24. The molecule has 0 saturated heterocycles. The van der Waals surface area contributed by atoms with Crippen LogP contribution in [0.3, 0.4) is 0 Å². The van der Waals surface area contributed by atoms with Crippen LogP contribution in [0, 0.1) is 0 Å².